The number of nitrogens with one attached hydrogen (secondary N) is 1. The van der Waals surface area contributed by atoms with E-state index in [1.54, 1.807) is 0 Å². The first-order valence-electron chi connectivity index (χ1n) is 13.0. The molecule has 7 heteroatoms. The minimum Gasteiger partial charge on any atom is -0.492 e. The lowest BCUT2D eigenvalue weighted by molar-refractivity contribution is 0.0722. The maximum absolute atomic E-state index is 13.7. The number of piperidine rings is 1. The average Bonchev–Trinajstić information content (AvgIpc) is 3.44. The van der Waals surface area contributed by atoms with Gasteiger partial charge in [0.1, 0.15) is 18.7 Å². The molecule has 184 valence electrons. The highest BCUT2D eigenvalue weighted by Crippen LogP contribution is 2.24. The molecule has 2 aliphatic rings. The molecule has 5 rings (SSSR count). The first-order chi connectivity index (χ1) is 17.3. The fourth-order valence-corrected chi connectivity index (χ4v) is 5.39. The number of amides is 1. The van der Waals surface area contributed by atoms with Gasteiger partial charge in [-0.25, -0.2) is 4.98 Å². The first-order valence-corrected chi connectivity index (χ1v) is 13.0. The molecule has 1 amide bonds. The van der Waals surface area contributed by atoms with E-state index in [-0.39, 0.29) is 5.91 Å². The predicted octanol–water partition coefficient (Wildman–Crippen LogP) is 4.57. The van der Waals surface area contributed by atoms with Gasteiger partial charge in [0.05, 0.1) is 12.1 Å². The molecule has 1 aromatic heterocycles. The van der Waals surface area contributed by atoms with Crippen molar-refractivity contribution in [2.24, 2.45) is 0 Å². The van der Waals surface area contributed by atoms with E-state index in [0.717, 1.165) is 37.1 Å². The molecule has 2 aromatic carbocycles. The quantitative estimate of drug-likeness (QED) is 0.590. The Bertz CT molecular complexity index is 1100. The van der Waals surface area contributed by atoms with E-state index in [1.807, 2.05) is 35.2 Å². The van der Waals surface area contributed by atoms with Crippen molar-refractivity contribution in [2.45, 2.75) is 51.0 Å². The van der Waals surface area contributed by atoms with E-state index < -0.39 is 0 Å². The van der Waals surface area contributed by atoms with Crippen LogP contribution in [0.3, 0.4) is 0 Å². The molecule has 3 heterocycles. The van der Waals surface area contributed by atoms with Crippen LogP contribution in [0.15, 0.2) is 54.9 Å². The van der Waals surface area contributed by atoms with Crippen LogP contribution < -0.4 is 4.74 Å². The molecule has 0 aliphatic carbocycles. The van der Waals surface area contributed by atoms with E-state index in [2.05, 4.69) is 38.3 Å². The summed E-state index contributed by atoms with van der Waals surface area (Å²) in [7, 11) is 0. The number of nitrogens with zero attached hydrogens (tertiary/aromatic N) is 4. The number of carbonyl (C=O) groups excluding carboxylic acids is 1. The number of hydrogen-bond donors (Lipinski definition) is 1. The van der Waals surface area contributed by atoms with Crippen molar-refractivity contribution in [3.63, 3.8) is 0 Å². The van der Waals surface area contributed by atoms with E-state index in [0.29, 0.717) is 37.1 Å². The van der Waals surface area contributed by atoms with Crippen LogP contribution in [-0.2, 0) is 6.42 Å². The third-order valence-electron chi connectivity index (χ3n) is 7.28. The zero-order chi connectivity index (χ0) is 23.9. The highest BCUT2D eigenvalue weighted by Gasteiger charge is 2.23. The fourth-order valence-electron chi connectivity index (χ4n) is 5.39. The molecule has 2 bridgehead atoms. The van der Waals surface area contributed by atoms with Gasteiger partial charge in [-0.3, -0.25) is 9.89 Å². The maximum Gasteiger partial charge on any atom is 0.254 e. The second-order valence-electron chi connectivity index (χ2n) is 9.60. The summed E-state index contributed by atoms with van der Waals surface area (Å²) in [5.74, 6) is 1.50. The molecule has 1 unspecified atom stereocenters. The van der Waals surface area contributed by atoms with Crippen LogP contribution in [0.1, 0.15) is 54.4 Å². The Morgan fingerprint density at radius 1 is 0.943 bits per heavy atom. The van der Waals surface area contributed by atoms with Gasteiger partial charge in [0.25, 0.3) is 5.91 Å². The molecule has 1 saturated heterocycles. The predicted molar refractivity (Wildman–Crippen MR) is 136 cm³/mol. The van der Waals surface area contributed by atoms with Crippen LogP contribution in [0.2, 0.25) is 0 Å². The molecule has 35 heavy (non-hydrogen) atoms. The highest BCUT2D eigenvalue weighted by atomic mass is 16.5. The number of ether oxygens (including phenoxy) is 1. The Morgan fingerprint density at radius 2 is 1.80 bits per heavy atom. The number of hydrogen-bond acceptors (Lipinski definition) is 5. The molecule has 1 fully saturated rings. The number of fused-ring (bicyclic) bond motifs is 3. The lowest BCUT2D eigenvalue weighted by Gasteiger charge is -2.36. The minimum absolute atomic E-state index is 0.00881. The van der Waals surface area contributed by atoms with Gasteiger partial charge >= 0.3 is 0 Å². The third kappa shape index (κ3) is 5.90. The van der Waals surface area contributed by atoms with Gasteiger partial charge in [0.2, 0.25) is 0 Å². The Labute approximate surface area is 207 Å². The Kier molecular flexibility index (Phi) is 7.73. The third-order valence-corrected chi connectivity index (χ3v) is 7.28. The van der Waals surface area contributed by atoms with Crippen LogP contribution in [-0.4, -0.2) is 69.7 Å². The molecule has 1 atom stereocenters. The van der Waals surface area contributed by atoms with Crippen LogP contribution >= 0.6 is 0 Å². The standard InChI is InChI=1S/C28H35N5O2/c34-28(26-12-2-1-11-25(26)27-29-21-30-31-27)33-17-6-5-16-32-15-4-3-9-23(32)14-13-22-8-7-10-24(20-22)35-19-18-33/h1-2,7-8,10-12,20-21,23H,3-6,9,13-19H2,(H,29,30,31). The molecule has 0 saturated carbocycles. The molecule has 2 aliphatic heterocycles. The summed E-state index contributed by atoms with van der Waals surface area (Å²) in [4.78, 5) is 22.6. The zero-order valence-corrected chi connectivity index (χ0v) is 20.4. The SMILES string of the molecule is O=C(c1ccccc1-c1ncn[nH]1)N1CCCCN2CCCCC2CCc2cccc(c2)OCC1. The Balaban J connectivity index is 1.35. The van der Waals surface area contributed by atoms with Gasteiger partial charge in [-0.2, -0.15) is 5.10 Å². The molecule has 0 radical (unpaired) electrons. The van der Waals surface area contributed by atoms with Crippen molar-refractivity contribution < 1.29 is 9.53 Å². The lowest BCUT2D eigenvalue weighted by Crippen LogP contribution is -2.41. The van der Waals surface area contributed by atoms with Crippen molar-refractivity contribution in [3.05, 3.63) is 66.0 Å². The fraction of sp³-hybridized carbons (Fsp3) is 0.464. The number of aromatic amines is 1. The van der Waals surface area contributed by atoms with Gasteiger partial charge < -0.3 is 14.5 Å². The monoisotopic (exact) mass is 473 g/mol. The molecular formula is C28H35N5O2. The largest absolute Gasteiger partial charge is 0.492 e. The molecule has 3 aromatic rings. The second-order valence-corrected chi connectivity index (χ2v) is 9.60. The van der Waals surface area contributed by atoms with E-state index in [9.17, 15) is 4.79 Å². The summed E-state index contributed by atoms with van der Waals surface area (Å²) >= 11 is 0. The van der Waals surface area contributed by atoms with E-state index in [1.165, 1.54) is 44.1 Å². The normalized spacial score (nSPS) is 20.2. The summed E-state index contributed by atoms with van der Waals surface area (Å²) in [6, 6.07) is 16.7. The number of benzene rings is 2. The number of aryl methyl sites for hydroxylation is 1. The number of aromatic nitrogens is 3. The van der Waals surface area contributed by atoms with Crippen LogP contribution in [0.25, 0.3) is 11.4 Å². The van der Waals surface area contributed by atoms with Crippen molar-refractivity contribution in [2.75, 3.05) is 32.8 Å². The molecule has 7 nitrogen and oxygen atoms in total. The van der Waals surface area contributed by atoms with Crippen LogP contribution in [0.5, 0.6) is 5.75 Å². The number of H-pyrrole nitrogens is 1. The van der Waals surface area contributed by atoms with Gasteiger partial charge in [-0.15, -0.1) is 0 Å². The Morgan fingerprint density at radius 3 is 2.69 bits per heavy atom. The van der Waals surface area contributed by atoms with Crippen LogP contribution in [0, 0.1) is 0 Å². The zero-order valence-electron chi connectivity index (χ0n) is 20.4. The topological polar surface area (TPSA) is 74.4 Å². The maximum atomic E-state index is 13.7. The highest BCUT2D eigenvalue weighted by molar-refractivity contribution is 6.00. The summed E-state index contributed by atoms with van der Waals surface area (Å²) in [6.07, 6.45) is 9.75. The molecular weight excluding hydrogens is 438 g/mol. The Hall–Kier alpha value is -3.19. The van der Waals surface area contributed by atoms with Gasteiger partial charge in [-0.1, -0.05) is 36.8 Å². The summed E-state index contributed by atoms with van der Waals surface area (Å²) in [5.41, 5.74) is 2.74. The van der Waals surface area contributed by atoms with Crippen LogP contribution in [0.4, 0.5) is 0 Å². The van der Waals surface area contributed by atoms with Gasteiger partial charge in [0.15, 0.2) is 5.82 Å². The first kappa shape index (κ1) is 23.5. The van der Waals surface area contributed by atoms with E-state index >= 15 is 0 Å². The van der Waals surface area contributed by atoms with Gasteiger partial charge in [0, 0.05) is 18.2 Å². The number of carbonyl (C=O) groups is 1. The minimum atomic E-state index is 0.00881. The molecule has 0 spiro atoms. The van der Waals surface area contributed by atoms with Crippen molar-refractivity contribution >= 4 is 5.91 Å². The van der Waals surface area contributed by atoms with Crippen molar-refractivity contribution in [1.82, 2.24) is 25.0 Å². The average molecular weight is 474 g/mol. The summed E-state index contributed by atoms with van der Waals surface area (Å²) in [6.45, 7) is 4.03. The number of rotatable bonds is 2. The smallest absolute Gasteiger partial charge is 0.254 e. The summed E-state index contributed by atoms with van der Waals surface area (Å²) < 4.78 is 6.12. The molecule has 1 N–H and O–H groups in total. The summed E-state index contributed by atoms with van der Waals surface area (Å²) in [5, 5.41) is 6.86. The van der Waals surface area contributed by atoms with Crippen molar-refractivity contribution in [3.8, 4) is 17.1 Å². The van der Waals surface area contributed by atoms with E-state index in [4.69, 9.17) is 4.74 Å². The van der Waals surface area contributed by atoms with Gasteiger partial charge in [-0.05, 0) is 75.4 Å². The second kappa shape index (κ2) is 11.5. The lowest BCUT2D eigenvalue weighted by atomic mass is 9.95. The van der Waals surface area contributed by atoms with Crippen molar-refractivity contribution in [1.29, 1.82) is 0 Å².